The van der Waals surface area contributed by atoms with Crippen LogP contribution in [0.15, 0.2) is 35.3 Å². The molecule has 1 aromatic carbocycles. The SMILES string of the molecule is COc1ccccc1CNC(=O)c1cn2c(c(C(C)(O)OC)c1=O)C(=O)NCC2. The van der Waals surface area contributed by atoms with Crippen molar-refractivity contribution < 1.29 is 24.2 Å². The van der Waals surface area contributed by atoms with Crippen LogP contribution in [0.3, 0.4) is 0 Å². The summed E-state index contributed by atoms with van der Waals surface area (Å²) in [6.07, 6.45) is 1.34. The van der Waals surface area contributed by atoms with Gasteiger partial charge in [-0.15, -0.1) is 0 Å². The number of methoxy groups -OCH3 is 2. The Morgan fingerprint density at radius 1 is 1.31 bits per heavy atom. The lowest BCUT2D eigenvalue weighted by molar-refractivity contribution is -0.180. The molecule has 1 atom stereocenters. The van der Waals surface area contributed by atoms with Gasteiger partial charge >= 0.3 is 0 Å². The second-order valence-electron chi connectivity index (χ2n) is 6.73. The average molecular weight is 401 g/mol. The number of carbonyl (C=O) groups excluding carboxylic acids is 2. The van der Waals surface area contributed by atoms with E-state index in [1.165, 1.54) is 31.9 Å². The number of hydrogen-bond donors (Lipinski definition) is 3. The minimum Gasteiger partial charge on any atom is -0.496 e. The highest BCUT2D eigenvalue weighted by Gasteiger charge is 2.36. The van der Waals surface area contributed by atoms with Crippen molar-refractivity contribution in [3.63, 3.8) is 0 Å². The van der Waals surface area contributed by atoms with Gasteiger partial charge in [0.15, 0.2) is 5.79 Å². The normalized spacial score (nSPS) is 15.1. The number of rotatable bonds is 6. The Bertz CT molecular complexity index is 1010. The fraction of sp³-hybridized carbons (Fsp3) is 0.350. The molecule has 1 aliphatic heterocycles. The first-order chi connectivity index (χ1) is 13.8. The third kappa shape index (κ3) is 3.87. The number of amides is 2. The van der Waals surface area contributed by atoms with E-state index in [9.17, 15) is 19.5 Å². The van der Waals surface area contributed by atoms with Crippen molar-refractivity contribution in [2.45, 2.75) is 25.8 Å². The second-order valence-corrected chi connectivity index (χ2v) is 6.73. The third-order valence-corrected chi connectivity index (χ3v) is 4.87. The molecule has 2 aromatic rings. The van der Waals surface area contributed by atoms with Gasteiger partial charge in [0.05, 0.1) is 12.7 Å². The van der Waals surface area contributed by atoms with Crippen molar-refractivity contribution in [3.8, 4) is 5.75 Å². The molecule has 1 unspecified atom stereocenters. The Hall–Kier alpha value is -3.17. The van der Waals surface area contributed by atoms with Crippen LogP contribution in [-0.4, -0.2) is 42.3 Å². The first-order valence-electron chi connectivity index (χ1n) is 9.04. The number of carbonyl (C=O) groups is 2. The molecule has 0 saturated carbocycles. The van der Waals surface area contributed by atoms with Crippen LogP contribution in [0.4, 0.5) is 0 Å². The van der Waals surface area contributed by atoms with Gasteiger partial charge in [0.1, 0.15) is 17.0 Å². The maximum absolute atomic E-state index is 13.0. The zero-order valence-electron chi connectivity index (χ0n) is 16.4. The van der Waals surface area contributed by atoms with Crippen LogP contribution in [0.1, 0.15) is 38.9 Å². The van der Waals surface area contributed by atoms with Crippen LogP contribution < -0.4 is 20.8 Å². The Kier molecular flexibility index (Phi) is 5.71. The molecular formula is C20H23N3O6. The van der Waals surface area contributed by atoms with Crippen LogP contribution in [0.2, 0.25) is 0 Å². The molecular weight excluding hydrogens is 378 g/mol. The minimum atomic E-state index is -2.04. The molecule has 154 valence electrons. The number of aliphatic hydroxyl groups is 1. The van der Waals surface area contributed by atoms with Gasteiger partial charge in [-0.25, -0.2) is 0 Å². The van der Waals surface area contributed by atoms with Gasteiger partial charge in [-0.2, -0.15) is 0 Å². The number of nitrogens with zero attached hydrogens (tertiary/aromatic N) is 1. The summed E-state index contributed by atoms with van der Waals surface area (Å²) in [5, 5.41) is 15.9. The molecule has 9 heteroatoms. The van der Waals surface area contributed by atoms with Gasteiger partial charge in [-0.05, 0) is 13.0 Å². The number of fused-ring (bicyclic) bond motifs is 1. The number of ether oxygens (including phenoxy) is 2. The van der Waals surface area contributed by atoms with Crippen LogP contribution >= 0.6 is 0 Å². The monoisotopic (exact) mass is 401 g/mol. The molecule has 29 heavy (non-hydrogen) atoms. The van der Waals surface area contributed by atoms with Gasteiger partial charge < -0.3 is 29.8 Å². The van der Waals surface area contributed by atoms with Crippen molar-refractivity contribution in [3.05, 3.63) is 63.1 Å². The summed E-state index contributed by atoms with van der Waals surface area (Å²) >= 11 is 0. The van der Waals surface area contributed by atoms with Crippen molar-refractivity contribution in [2.75, 3.05) is 20.8 Å². The Morgan fingerprint density at radius 2 is 2.03 bits per heavy atom. The van der Waals surface area contributed by atoms with Crippen LogP contribution in [0.25, 0.3) is 0 Å². The van der Waals surface area contributed by atoms with Gasteiger partial charge in [-0.1, -0.05) is 18.2 Å². The topological polar surface area (TPSA) is 119 Å². The lowest BCUT2D eigenvalue weighted by Crippen LogP contribution is -2.45. The predicted molar refractivity (Wildman–Crippen MR) is 104 cm³/mol. The van der Waals surface area contributed by atoms with E-state index < -0.39 is 23.0 Å². The van der Waals surface area contributed by atoms with E-state index in [1.54, 1.807) is 12.1 Å². The standard InChI is InChI=1S/C20H23N3O6/c1-20(27,29-3)15-16-19(26)21-8-9-23(16)11-13(17(15)24)18(25)22-10-12-6-4-5-7-14(12)28-2/h4-7,11,27H,8-10H2,1-3H3,(H,21,26)(H,22,25). The maximum Gasteiger partial charge on any atom is 0.268 e. The summed E-state index contributed by atoms with van der Waals surface area (Å²) in [5.41, 5.74) is -0.509. The number of pyridine rings is 1. The van der Waals surface area contributed by atoms with E-state index in [1.807, 2.05) is 12.1 Å². The first kappa shape index (κ1) is 20.6. The Balaban J connectivity index is 2.01. The summed E-state index contributed by atoms with van der Waals surface area (Å²) in [4.78, 5) is 38.2. The summed E-state index contributed by atoms with van der Waals surface area (Å²) in [5.74, 6) is -2.58. The lowest BCUT2D eigenvalue weighted by Gasteiger charge is -2.28. The summed E-state index contributed by atoms with van der Waals surface area (Å²) < 4.78 is 11.8. The summed E-state index contributed by atoms with van der Waals surface area (Å²) in [7, 11) is 2.74. The van der Waals surface area contributed by atoms with E-state index in [-0.39, 0.29) is 23.4 Å². The Morgan fingerprint density at radius 3 is 2.72 bits per heavy atom. The molecule has 0 radical (unpaired) electrons. The number of benzene rings is 1. The fourth-order valence-corrected chi connectivity index (χ4v) is 3.27. The van der Waals surface area contributed by atoms with Crippen LogP contribution in [0, 0.1) is 0 Å². The minimum absolute atomic E-state index is 0.0191. The number of nitrogens with one attached hydrogen (secondary N) is 2. The molecule has 0 aliphatic carbocycles. The predicted octanol–water partition coefficient (Wildman–Crippen LogP) is 0.342. The van der Waals surface area contributed by atoms with E-state index in [2.05, 4.69) is 10.6 Å². The molecule has 0 fully saturated rings. The fourth-order valence-electron chi connectivity index (χ4n) is 3.27. The quantitative estimate of drug-likeness (QED) is 0.601. The lowest BCUT2D eigenvalue weighted by atomic mass is 9.99. The average Bonchev–Trinajstić information content (AvgIpc) is 2.72. The second kappa shape index (κ2) is 8.06. The van der Waals surface area contributed by atoms with Gasteiger partial charge in [0, 0.05) is 38.5 Å². The highest BCUT2D eigenvalue weighted by atomic mass is 16.6. The van der Waals surface area contributed by atoms with Crippen LogP contribution in [0.5, 0.6) is 5.75 Å². The molecule has 3 N–H and O–H groups in total. The Labute approximate surface area is 167 Å². The van der Waals surface area contributed by atoms with Crippen molar-refractivity contribution in [2.24, 2.45) is 0 Å². The molecule has 0 spiro atoms. The van der Waals surface area contributed by atoms with E-state index in [0.717, 1.165) is 5.56 Å². The zero-order chi connectivity index (χ0) is 21.2. The zero-order valence-corrected chi connectivity index (χ0v) is 16.4. The largest absolute Gasteiger partial charge is 0.496 e. The van der Waals surface area contributed by atoms with E-state index >= 15 is 0 Å². The molecule has 2 amide bonds. The van der Waals surface area contributed by atoms with E-state index in [4.69, 9.17) is 9.47 Å². The van der Waals surface area contributed by atoms with Gasteiger partial charge in [-0.3, -0.25) is 14.4 Å². The number of para-hydroxylation sites is 1. The highest BCUT2D eigenvalue weighted by molar-refractivity contribution is 5.98. The number of aromatic nitrogens is 1. The van der Waals surface area contributed by atoms with Crippen molar-refractivity contribution >= 4 is 11.8 Å². The molecule has 1 aliphatic rings. The van der Waals surface area contributed by atoms with Gasteiger partial charge in [0.2, 0.25) is 5.43 Å². The summed E-state index contributed by atoms with van der Waals surface area (Å²) in [6, 6.07) is 7.18. The van der Waals surface area contributed by atoms with Crippen molar-refractivity contribution in [1.82, 2.24) is 15.2 Å². The molecule has 9 nitrogen and oxygen atoms in total. The third-order valence-electron chi connectivity index (χ3n) is 4.87. The highest BCUT2D eigenvalue weighted by Crippen LogP contribution is 2.24. The molecule has 0 bridgehead atoms. The molecule has 0 saturated heterocycles. The smallest absolute Gasteiger partial charge is 0.268 e. The van der Waals surface area contributed by atoms with E-state index in [0.29, 0.717) is 18.8 Å². The first-order valence-corrected chi connectivity index (χ1v) is 9.04. The molecule has 3 rings (SSSR count). The number of hydrogen-bond acceptors (Lipinski definition) is 6. The van der Waals surface area contributed by atoms with Crippen molar-refractivity contribution in [1.29, 1.82) is 0 Å². The van der Waals surface area contributed by atoms with Crippen LogP contribution in [-0.2, 0) is 23.6 Å². The maximum atomic E-state index is 13.0. The molecule has 2 heterocycles. The summed E-state index contributed by atoms with van der Waals surface area (Å²) in [6.45, 7) is 2.08. The molecule has 1 aromatic heterocycles. The van der Waals surface area contributed by atoms with Gasteiger partial charge in [0.25, 0.3) is 11.8 Å².